The van der Waals surface area contributed by atoms with E-state index in [1.54, 1.807) is 6.07 Å². The van der Waals surface area contributed by atoms with Gasteiger partial charge >= 0.3 is 0 Å². The van der Waals surface area contributed by atoms with Crippen molar-refractivity contribution in [3.8, 4) is 0 Å². The minimum atomic E-state index is -0.0760. The first-order chi connectivity index (χ1) is 11.7. The molecule has 24 heavy (non-hydrogen) atoms. The molecule has 130 valence electrons. The lowest BCUT2D eigenvalue weighted by Crippen LogP contribution is -2.48. The fourth-order valence-electron chi connectivity index (χ4n) is 4.50. The highest BCUT2D eigenvalue weighted by Crippen LogP contribution is 2.39. The van der Waals surface area contributed by atoms with Gasteiger partial charge in [0.15, 0.2) is 0 Å². The maximum absolute atomic E-state index is 14.0. The molecule has 0 bridgehead atoms. The van der Waals surface area contributed by atoms with Crippen LogP contribution < -0.4 is 0 Å². The molecule has 0 N–H and O–H groups in total. The van der Waals surface area contributed by atoms with Crippen LogP contribution in [0, 0.1) is 11.7 Å². The van der Waals surface area contributed by atoms with Gasteiger partial charge in [-0.3, -0.25) is 9.69 Å². The molecule has 0 saturated carbocycles. The summed E-state index contributed by atoms with van der Waals surface area (Å²) in [7, 11) is 0. The van der Waals surface area contributed by atoms with Crippen LogP contribution in [0.15, 0.2) is 18.2 Å². The Kier molecular flexibility index (Phi) is 4.55. The maximum Gasteiger partial charge on any atom is 0.227 e. The first kappa shape index (κ1) is 16.0. The van der Waals surface area contributed by atoms with Gasteiger partial charge < -0.3 is 9.64 Å². The summed E-state index contributed by atoms with van der Waals surface area (Å²) in [5.74, 6) is 0.280. The number of fused-ring (bicyclic) bond motifs is 1. The highest BCUT2D eigenvalue weighted by Gasteiger charge is 2.36. The fraction of sp³-hybridized carbons (Fsp3) is 0.632. The third kappa shape index (κ3) is 2.95. The summed E-state index contributed by atoms with van der Waals surface area (Å²) in [5.41, 5.74) is 2.01. The minimum absolute atomic E-state index is 0.0760. The standard InChI is InChI=1S/C19H25FN2O2/c20-17-5-1-4-16-15(17)6-7-18(16)22-8-2-3-14(13-22)19(23)21-9-11-24-12-10-21/h1,4-5,14,18H,2-3,6-13H2. The Balaban J connectivity index is 1.46. The zero-order valence-corrected chi connectivity index (χ0v) is 14.0. The van der Waals surface area contributed by atoms with Gasteiger partial charge in [0.2, 0.25) is 5.91 Å². The molecule has 0 aromatic heterocycles. The van der Waals surface area contributed by atoms with Crippen LogP contribution in [0.5, 0.6) is 0 Å². The summed E-state index contributed by atoms with van der Waals surface area (Å²) < 4.78 is 19.3. The summed E-state index contributed by atoms with van der Waals surface area (Å²) in [6.45, 7) is 4.54. The van der Waals surface area contributed by atoms with Gasteiger partial charge in [-0.15, -0.1) is 0 Å². The van der Waals surface area contributed by atoms with Gasteiger partial charge in [0, 0.05) is 25.7 Å². The Hall–Kier alpha value is -1.46. The van der Waals surface area contributed by atoms with E-state index in [9.17, 15) is 9.18 Å². The van der Waals surface area contributed by atoms with Crippen LogP contribution in [0.2, 0.25) is 0 Å². The Morgan fingerprint density at radius 2 is 2.00 bits per heavy atom. The van der Waals surface area contributed by atoms with E-state index in [-0.39, 0.29) is 23.7 Å². The van der Waals surface area contributed by atoms with Crippen LogP contribution in [0.1, 0.15) is 36.4 Å². The van der Waals surface area contributed by atoms with E-state index >= 15 is 0 Å². The number of likely N-dealkylation sites (tertiary alicyclic amines) is 1. The largest absolute Gasteiger partial charge is 0.378 e. The third-order valence-electron chi connectivity index (χ3n) is 5.75. The van der Waals surface area contributed by atoms with Crippen molar-refractivity contribution in [3.63, 3.8) is 0 Å². The Morgan fingerprint density at radius 3 is 2.83 bits per heavy atom. The summed E-state index contributed by atoms with van der Waals surface area (Å²) in [6.07, 6.45) is 3.79. The number of nitrogens with zero attached hydrogens (tertiary/aromatic N) is 2. The monoisotopic (exact) mass is 332 g/mol. The molecular formula is C19H25FN2O2. The lowest BCUT2D eigenvalue weighted by molar-refractivity contribution is -0.141. The van der Waals surface area contributed by atoms with Crippen molar-refractivity contribution >= 4 is 5.91 Å². The molecule has 2 aliphatic heterocycles. The molecule has 0 radical (unpaired) electrons. The molecule has 2 heterocycles. The molecule has 2 atom stereocenters. The number of hydrogen-bond donors (Lipinski definition) is 0. The SMILES string of the molecule is O=C(C1CCCN(C2CCc3c(F)cccc32)C1)N1CCOCC1. The number of morpholine rings is 1. The lowest BCUT2D eigenvalue weighted by atomic mass is 9.94. The molecular weight excluding hydrogens is 307 g/mol. The van der Waals surface area contributed by atoms with Crippen LogP contribution in [-0.4, -0.2) is 55.1 Å². The molecule has 1 aromatic carbocycles. The number of piperidine rings is 1. The van der Waals surface area contributed by atoms with E-state index < -0.39 is 0 Å². The zero-order chi connectivity index (χ0) is 16.5. The number of rotatable bonds is 2. The van der Waals surface area contributed by atoms with Crippen molar-refractivity contribution in [2.45, 2.75) is 31.7 Å². The lowest BCUT2D eigenvalue weighted by Gasteiger charge is -2.39. The van der Waals surface area contributed by atoms with E-state index in [1.165, 1.54) is 0 Å². The Labute approximate surface area is 142 Å². The van der Waals surface area contributed by atoms with Crippen LogP contribution in [-0.2, 0) is 16.0 Å². The molecule has 2 unspecified atom stereocenters. The fourth-order valence-corrected chi connectivity index (χ4v) is 4.50. The maximum atomic E-state index is 14.0. The van der Waals surface area contributed by atoms with E-state index in [4.69, 9.17) is 4.74 Å². The van der Waals surface area contributed by atoms with Crippen molar-refractivity contribution < 1.29 is 13.9 Å². The van der Waals surface area contributed by atoms with Crippen LogP contribution >= 0.6 is 0 Å². The minimum Gasteiger partial charge on any atom is -0.378 e. The van der Waals surface area contributed by atoms with Crippen molar-refractivity contribution in [1.29, 1.82) is 0 Å². The van der Waals surface area contributed by atoms with Gasteiger partial charge in [-0.2, -0.15) is 0 Å². The molecule has 3 aliphatic rings. The normalized spacial score (nSPS) is 28.0. The smallest absolute Gasteiger partial charge is 0.227 e. The topological polar surface area (TPSA) is 32.8 Å². The number of carbonyl (C=O) groups excluding carboxylic acids is 1. The van der Waals surface area contributed by atoms with Crippen LogP contribution in [0.3, 0.4) is 0 Å². The number of benzene rings is 1. The molecule has 1 aromatic rings. The number of hydrogen-bond acceptors (Lipinski definition) is 3. The number of carbonyl (C=O) groups is 1. The third-order valence-corrected chi connectivity index (χ3v) is 5.75. The summed E-state index contributed by atoms with van der Waals surface area (Å²) in [4.78, 5) is 17.2. The second kappa shape index (κ2) is 6.81. The predicted octanol–water partition coefficient (Wildman–Crippen LogP) is 2.38. The summed E-state index contributed by atoms with van der Waals surface area (Å²) in [5, 5.41) is 0. The van der Waals surface area contributed by atoms with Crippen molar-refractivity contribution in [3.05, 3.63) is 35.1 Å². The molecule has 4 rings (SSSR count). The number of halogens is 1. The summed E-state index contributed by atoms with van der Waals surface area (Å²) in [6, 6.07) is 5.70. The molecule has 0 spiro atoms. The number of amides is 1. The van der Waals surface area contributed by atoms with Crippen molar-refractivity contribution in [1.82, 2.24) is 9.80 Å². The Bertz CT molecular complexity index is 615. The molecule has 5 heteroatoms. The van der Waals surface area contributed by atoms with Crippen molar-refractivity contribution in [2.75, 3.05) is 39.4 Å². The second-order valence-corrected chi connectivity index (χ2v) is 7.13. The van der Waals surface area contributed by atoms with E-state index in [0.29, 0.717) is 26.3 Å². The molecule has 4 nitrogen and oxygen atoms in total. The zero-order valence-electron chi connectivity index (χ0n) is 14.0. The first-order valence-corrected chi connectivity index (χ1v) is 9.12. The van der Waals surface area contributed by atoms with Gasteiger partial charge in [0.1, 0.15) is 5.82 Å². The molecule has 2 fully saturated rings. The van der Waals surface area contributed by atoms with Gasteiger partial charge in [0.25, 0.3) is 0 Å². The predicted molar refractivity (Wildman–Crippen MR) is 89.2 cm³/mol. The van der Waals surface area contributed by atoms with E-state index in [0.717, 1.165) is 49.9 Å². The first-order valence-electron chi connectivity index (χ1n) is 9.12. The highest BCUT2D eigenvalue weighted by atomic mass is 19.1. The molecule has 2 saturated heterocycles. The van der Waals surface area contributed by atoms with E-state index in [1.807, 2.05) is 11.0 Å². The summed E-state index contributed by atoms with van der Waals surface area (Å²) >= 11 is 0. The average molecular weight is 332 g/mol. The molecule has 1 amide bonds. The number of ether oxygens (including phenoxy) is 1. The average Bonchev–Trinajstić information content (AvgIpc) is 3.07. The van der Waals surface area contributed by atoms with Crippen molar-refractivity contribution in [2.24, 2.45) is 5.92 Å². The van der Waals surface area contributed by atoms with Gasteiger partial charge in [-0.1, -0.05) is 12.1 Å². The van der Waals surface area contributed by atoms with Crippen LogP contribution in [0.25, 0.3) is 0 Å². The quantitative estimate of drug-likeness (QED) is 0.834. The highest BCUT2D eigenvalue weighted by molar-refractivity contribution is 5.79. The second-order valence-electron chi connectivity index (χ2n) is 7.13. The van der Waals surface area contributed by atoms with E-state index in [2.05, 4.69) is 11.0 Å². The van der Waals surface area contributed by atoms with Gasteiger partial charge in [-0.25, -0.2) is 4.39 Å². The van der Waals surface area contributed by atoms with Gasteiger partial charge in [-0.05, 0) is 49.4 Å². The van der Waals surface area contributed by atoms with Crippen LogP contribution in [0.4, 0.5) is 4.39 Å². The van der Waals surface area contributed by atoms with Gasteiger partial charge in [0.05, 0.1) is 19.1 Å². The Morgan fingerprint density at radius 1 is 1.17 bits per heavy atom. The molecule has 1 aliphatic carbocycles.